The van der Waals surface area contributed by atoms with E-state index in [1.807, 2.05) is 42.1 Å². The maximum atomic E-state index is 6.23. The molecule has 1 unspecified atom stereocenters. The van der Waals surface area contributed by atoms with Crippen molar-refractivity contribution in [2.75, 3.05) is 6.54 Å². The summed E-state index contributed by atoms with van der Waals surface area (Å²) in [4.78, 5) is 7.96. The maximum absolute atomic E-state index is 6.23. The van der Waals surface area contributed by atoms with Crippen LogP contribution in [0, 0.1) is 6.92 Å². The molecule has 0 amide bonds. The lowest BCUT2D eigenvalue weighted by Crippen LogP contribution is -2.32. The molecule has 0 bridgehead atoms. The minimum absolute atomic E-state index is 0.120. The van der Waals surface area contributed by atoms with Crippen LogP contribution in [-0.4, -0.2) is 32.3 Å². The van der Waals surface area contributed by atoms with Crippen LogP contribution in [0.4, 0.5) is 0 Å². The molecule has 0 fully saturated rings. The van der Waals surface area contributed by atoms with Crippen LogP contribution in [0.5, 0.6) is 0 Å². The first kappa shape index (κ1) is 16.4. The van der Waals surface area contributed by atoms with Crippen LogP contribution in [0.3, 0.4) is 0 Å². The van der Waals surface area contributed by atoms with Gasteiger partial charge in [0.25, 0.3) is 0 Å². The van der Waals surface area contributed by atoms with E-state index in [2.05, 4.69) is 44.1 Å². The number of fused-ring (bicyclic) bond motifs is 1. The Morgan fingerprint density at radius 2 is 2.04 bits per heavy atom. The van der Waals surface area contributed by atoms with Gasteiger partial charge < -0.3 is 4.74 Å². The van der Waals surface area contributed by atoms with Crippen LogP contribution in [0.2, 0.25) is 0 Å². The molecule has 0 N–H and O–H groups in total. The van der Waals surface area contributed by atoms with Crippen LogP contribution in [-0.2, 0) is 31.0 Å². The van der Waals surface area contributed by atoms with E-state index in [1.165, 1.54) is 16.1 Å². The zero-order chi connectivity index (χ0) is 17.1. The van der Waals surface area contributed by atoms with E-state index in [0.29, 0.717) is 6.61 Å². The first-order chi connectivity index (χ1) is 12.3. The van der Waals surface area contributed by atoms with Gasteiger partial charge in [0.05, 0.1) is 24.9 Å². The number of pyridine rings is 1. The van der Waals surface area contributed by atoms with Gasteiger partial charge in [0.1, 0.15) is 0 Å². The van der Waals surface area contributed by atoms with E-state index in [9.17, 15) is 0 Å². The molecule has 0 saturated carbocycles. The molecule has 0 saturated heterocycles. The van der Waals surface area contributed by atoms with Crippen molar-refractivity contribution in [3.63, 3.8) is 0 Å². The number of hydrogen-bond donors (Lipinski definition) is 0. The van der Waals surface area contributed by atoms with Crippen LogP contribution >= 0.6 is 11.3 Å². The largest absolute Gasteiger partial charge is 0.370 e. The fraction of sp³-hybridized carbons (Fsp3) is 0.368. The Bertz CT molecular complexity index is 814. The van der Waals surface area contributed by atoms with Crippen molar-refractivity contribution in [2.24, 2.45) is 0 Å². The molecular formula is C19H22N4OS. The molecule has 0 spiro atoms. The standard InChI is InChI=1S/C19H22N4OS/c1-15-5-9-25-19(15)13-22-10-17-4-8-21-23(17)12-18(11-22)24-14-16-2-6-20-7-3-16/h2-9,18H,10-14H2,1H3. The van der Waals surface area contributed by atoms with Gasteiger partial charge in [-0.3, -0.25) is 14.6 Å². The van der Waals surface area contributed by atoms with Crippen molar-refractivity contribution in [1.29, 1.82) is 0 Å². The van der Waals surface area contributed by atoms with E-state index in [0.717, 1.165) is 31.7 Å². The van der Waals surface area contributed by atoms with Gasteiger partial charge in [-0.05, 0) is 47.7 Å². The predicted molar refractivity (Wildman–Crippen MR) is 98.2 cm³/mol. The molecule has 4 heterocycles. The van der Waals surface area contributed by atoms with Crippen LogP contribution in [0.25, 0.3) is 0 Å². The summed E-state index contributed by atoms with van der Waals surface area (Å²) in [5.41, 5.74) is 3.78. The second-order valence-electron chi connectivity index (χ2n) is 6.49. The molecule has 4 rings (SSSR count). The SMILES string of the molecule is Cc1ccsc1CN1Cc2ccnn2CC(OCc2ccncc2)C1. The topological polar surface area (TPSA) is 43.2 Å². The average Bonchev–Trinajstić information content (AvgIpc) is 3.19. The molecular weight excluding hydrogens is 332 g/mol. The van der Waals surface area contributed by atoms with E-state index >= 15 is 0 Å². The summed E-state index contributed by atoms with van der Waals surface area (Å²) < 4.78 is 8.31. The number of ether oxygens (including phenoxy) is 1. The predicted octanol–water partition coefficient (Wildman–Crippen LogP) is 3.25. The van der Waals surface area contributed by atoms with Gasteiger partial charge in [-0.25, -0.2) is 0 Å². The van der Waals surface area contributed by atoms with Crippen LogP contribution in [0.1, 0.15) is 21.7 Å². The minimum atomic E-state index is 0.120. The van der Waals surface area contributed by atoms with Gasteiger partial charge in [-0.1, -0.05) is 0 Å². The zero-order valence-corrected chi connectivity index (χ0v) is 15.2. The number of nitrogens with zero attached hydrogens (tertiary/aromatic N) is 4. The fourth-order valence-corrected chi connectivity index (χ4v) is 4.13. The number of aryl methyl sites for hydroxylation is 1. The van der Waals surface area contributed by atoms with Crippen molar-refractivity contribution in [3.05, 3.63) is 69.9 Å². The summed E-state index contributed by atoms with van der Waals surface area (Å²) in [6.07, 6.45) is 5.62. The lowest BCUT2D eigenvalue weighted by molar-refractivity contribution is 0.00731. The highest BCUT2D eigenvalue weighted by Gasteiger charge is 2.23. The van der Waals surface area contributed by atoms with Gasteiger partial charge in [-0.2, -0.15) is 5.10 Å². The highest BCUT2D eigenvalue weighted by molar-refractivity contribution is 7.10. The molecule has 3 aromatic rings. The highest BCUT2D eigenvalue weighted by Crippen LogP contribution is 2.22. The molecule has 1 atom stereocenters. The van der Waals surface area contributed by atoms with Gasteiger partial charge >= 0.3 is 0 Å². The van der Waals surface area contributed by atoms with Gasteiger partial charge in [0, 0.05) is 43.1 Å². The van der Waals surface area contributed by atoms with Crippen molar-refractivity contribution in [2.45, 2.75) is 39.3 Å². The summed E-state index contributed by atoms with van der Waals surface area (Å²) in [7, 11) is 0. The first-order valence-corrected chi connectivity index (χ1v) is 9.42. The summed E-state index contributed by atoms with van der Waals surface area (Å²) >= 11 is 1.83. The quantitative estimate of drug-likeness (QED) is 0.705. The summed E-state index contributed by atoms with van der Waals surface area (Å²) in [5.74, 6) is 0. The fourth-order valence-electron chi connectivity index (χ4n) is 3.18. The summed E-state index contributed by atoms with van der Waals surface area (Å²) in [5, 5.41) is 6.64. The Hall–Kier alpha value is -2.02. The second-order valence-corrected chi connectivity index (χ2v) is 7.49. The Morgan fingerprint density at radius 3 is 2.84 bits per heavy atom. The van der Waals surface area contributed by atoms with E-state index < -0.39 is 0 Å². The van der Waals surface area contributed by atoms with Gasteiger partial charge in [0.15, 0.2) is 0 Å². The van der Waals surface area contributed by atoms with Crippen molar-refractivity contribution in [1.82, 2.24) is 19.7 Å². The molecule has 1 aliphatic heterocycles. The molecule has 0 aliphatic carbocycles. The number of aromatic nitrogens is 3. The average molecular weight is 354 g/mol. The first-order valence-electron chi connectivity index (χ1n) is 8.54. The molecule has 25 heavy (non-hydrogen) atoms. The van der Waals surface area contributed by atoms with Gasteiger partial charge in [-0.15, -0.1) is 11.3 Å². The molecule has 6 heteroatoms. The molecule has 3 aromatic heterocycles. The zero-order valence-electron chi connectivity index (χ0n) is 14.3. The Kier molecular flexibility index (Phi) is 4.92. The van der Waals surface area contributed by atoms with Gasteiger partial charge in [0.2, 0.25) is 0 Å². The lowest BCUT2D eigenvalue weighted by Gasteiger charge is -2.24. The molecule has 130 valence electrons. The minimum Gasteiger partial charge on any atom is -0.370 e. The molecule has 0 aromatic carbocycles. The number of hydrogen-bond acceptors (Lipinski definition) is 5. The molecule has 5 nitrogen and oxygen atoms in total. The molecule has 1 aliphatic rings. The van der Waals surface area contributed by atoms with E-state index in [-0.39, 0.29) is 6.10 Å². The maximum Gasteiger partial charge on any atom is 0.0902 e. The normalized spacial score (nSPS) is 18.0. The van der Waals surface area contributed by atoms with Crippen molar-refractivity contribution >= 4 is 11.3 Å². The van der Waals surface area contributed by atoms with Crippen molar-refractivity contribution in [3.8, 4) is 0 Å². The smallest absolute Gasteiger partial charge is 0.0902 e. The highest BCUT2D eigenvalue weighted by atomic mass is 32.1. The third kappa shape index (κ3) is 3.98. The monoisotopic (exact) mass is 354 g/mol. The van der Waals surface area contributed by atoms with E-state index in [1.54, 1.807) is 0 Å². The molecule has 0 radical (unpaired) electrons. The van der Waals surface area contributed by atoms with Crippen molar-refractivity contribution < 1.29 is 4.74 Å². The third-order valence-corrected chi connectivity index (χ3v) is 5.61. The second kappa shape index (κ2) is 7.47. The lowest BCUT2D eigenvalue weighted by atomic mass is 10.2. The number of rotatable bonds is 5. The summed E-state index contributed by atoms with van der Waals surface area (Å²) in [6, 6.07) is 8.31. The third-order valence-electron chi connectivity index (χ3n) is 4.60. The van der Waals surface area contributed by atoms with E-state index in [4.69, 9.17) is 4.74 Å². The summed E-state index contributed by atoms with van der Waals surface area (Å²) in [6.45, 7) is 6.37. The number of thiophene rings is 1. The Balaban J connectivity index is 1.48. The Morgan fingerprint density at radius 1 is 1.16 bits per heavy atom. The Labute approximate surface area is 151 Å². The van der Waals surface area contributed by atoms with Crippen LogP contribution in [0.15, 0.2) is 48.2 Å². The van der Waals surface area contributed by atoms with Crippen LogP contribution < -0.4 is 0 Å².